The van der Waals surface area contributed by atoms with Gasteiger partial charge in [-0.2, -0.15) is 0 Å². The number of nitrogens with zero attached hydrogens (tertiary/aromatic N) is 3. The standard InChI is InChI=1S/C21H15N3O5/c25-18-13-16(24(28)29)11-12-17(18)22-23-19(20(26)14-7-3-1-4-8-14)21(27)15-9-5-2-6-10-15/h1-13,25-26H/b20-19-,23-22?. The number of aromatic hydroxyl groups is 1. The van der Waals surface area contributed by atoms with Gasteiger partial charge < -0.3 is 10.2 Å². The number of carbonyl (C=O) groups excluding carboxylic acids is 1. The van der Waals surface area contributed by atoms with Crippen LogP contribution >= 0.6 is 0 Å². The van der Waals surface area contributed by atoms with Crippen LogP contribution in [0.4, 0.5) is 11.4 Å². The third-order valence-electron chi connectivity index (χ3n) is 3.95. The third kappa shape index (κ3) is 4.51. The third-order valence-corrected chi connectivity index (χ3v) is 3.95. The molecule has 0 saturated carbocycles. The number of ketones is 1. The Hall–Kier alpha value is -4.33. The molecule has 8 nitrogen and oxygen atoms in total. The molecule has 0 unspecified atom stereocenters. The second-order valence-electron chi connectivity index (χ2n) is 5.89. The summed E-state index contributed by atoms with van der Waals surface area (Å²) in [5.41, 5.74) is -0.0878. The van der Waals surface area contributed by atoms with Gasteiger partial charge in [-0.25, -0.2) is 0 Å². The number of benzene rings is 3. The van der Waals surface area contributed by atoms with Crippen LogP contribution in [-0.2, 0) is 0 Å². The van der Waals surface area contributed by atoms with Gasteiger partial charge in [0.2, 0.25) is 5.78 Å². The quantitative estimate of drug-likeness (QED) is 0.150. The lowest BCUT2D eigenvalue weighted by Gasteiger charge is -2.06. The molecule has 8 heteroatoms. The van der Waals surface area contributed by atoms with Crippen molar-refractivity contribution in [2.75, 3.05) is 0 Å². The molecular formula is C21H15N3O5. The van der Waals surface area contributed by atoms with Gasteiger partial charge >= 0.3 is 0 Å². The van der Waals surface area contributed by atoms with Gasteiger partial charge in [0, 0.05) is 17.2 Å². The Bertz CT molecular complexity index is 1110. The van der Waals surface area contributed by atoms with E-state index in [9.17, 15) is 25.1 Å². The zero-order chi connectivity index (χ0) is 20.8. The summed E-state index contributed by atoms with van der Waals surface area (Å²) in [7, 11) is 0. The summed E-state index contributed by atoms with van der Waals surface area (Å²) in [6.45, 7) is 0. The van der Waals surface area contributed by atoms with E-state index >= 15 is 0 Å². The summed E-state index contributed by atoms with van der Waals surface area (Å²) in [5, 5.41) is 39.0. The maximum atomic E-state index is 12.9. The van der Waals surface area contributed by atoms with E-state index in [1.807, 2.05) is 0 Å². The summed E-state index contributed by atoms with van der Waals surface area (Å²) in [6.07, 6.45) is 0. The van der Waals surface area contributed by atoms with Crippen molar-refractivity contribution in [1.29, 1.82) is 0 Å². The van der Waals surface area contributed by atoms with Gasteiger partial charge in [-0.1, -0.05) is 60.7 Å². The maximum absolute atomic E-state index is 12.9. The Labute approximate surface area is 165 Å². The number of azo groups is 1. The number of rotatable bonds is 6. The number of aliphatic hydroxyl groups is 1. The fourth-order valence-corrected chi connectivity index (χ4v) is 2.47. The molecule has 0 atom stereocenters. The van der Waals surface area contributed by atoms with Crippen LogP contribution in [0.3, 0.4) is 0 Å². The first kappa shape index (κ1) is 19.4. The fraction of sp³-hybridized carbons (Fsp3) is 0. The molecule has 2 N–H and O–H groups in total. The number of phenolic OH excluding ortho intramolecular Hbond substituents is 1. The van der Waals surface area contributed by atoms with E-state index in [0.717, 1.165) is 12.1 Å². The molecule has 29 heavy (non-hydrogen) atoms. The van der Waals surface area contributed by atoms with Crippen molar-refractivity contribution in [3.8, 4) is 5.75 Å². The normalized spacial score (nSPS) is 11.9. The number of Topliss-reactive ketones (excluding diaryl/α,β-unsaturated/α-hetero) is 1. The van der Waals surface area contributed by atoms with Gasteiger partial charge in [-0.15, -0.1) is 10.2 Å². The van der Waals surface area contributed by atoms with E-state index in [0.29, 0.717) is 5.56 Å². The highest BCUT2D eigenvalue weighted by molar-refractivity contribution is 6.12. The highest BCUT2D eigenvalue weighted by atomic mass is 16.6. The monoisotopic (exact) mass is 389 g/mol. The summed E-state index contributed by atoms with van der Waals surface area (Å²) >= 11 is 0. The minimum atomic E-state index is -0.661. The zero-order valence-electron chi connectivity index (χ0n) is 15.0. The molecule has 0 aliphatic heterocycles. The number of nitro groups is 1. The van der Waals surface area contributed by atoms with Gasteiger partial charge in [0.1, 0.15) is 11.4 Å². The van der Waals surface area contributed by atoms with Crippen LogP contribution in [0.5, 0.6) is 5.75 Å². The molecule has 3 aromatic rings. The molecule has 0 bridgehead atoms. The number of nitro benzene ring substituents is 1. The molecule has 144 valence electrons. The molecule has 0 aliphatic carbocycles. The average molecular weight is 389 g/mol. The van der Waals surface area contributed by atoms with Crippen LogP contribution in [0.1, 0.15) is 15.9 Å². The Morgan fingerprint density at radius 1 is 0.897 bits per heavy atom. The van der Waals surface area contributed by atoms with E-state index in [4.69, 9.17) is 0 Å². The lowest BCUT2D eigenvalue weighted by Crippen LogP contribution is -2.04. The lowest BCUT2D eigenvalue weighted by molar-refractivity contribution is -0.384. The number of hydrogen-bond donors (Lipinski definition) is 2. The smallest absolute Gasteiger partial charge is 0.273 e. The molecule has 0 saturated heterocycles. The van der Waals surface area contributed by atoms with E-state index < -0.39 is 16.5 Å². The van der Waals surface area contributed by atoms with Crippen LogP contribution < -0.4 is 0 Å². The topological polar surface area (TPSA) is 125 Å². The van der Waals surface area contributed by atoms with Crippen LogP contribution in [0.15, 0.2) is 94.8 Å². The summed E-state index contributed by atoms with van der Waals surface area (Å²) in [4.78, 5) is 23.0. The van der Waals surface area contributed by atoms with Crippen molar-refractivity contribution in [1.82, 2.24) is 0 Å². The van der Waals surface area contributed by atoms with Crippen molar-refractivity contribution in [2.24, 2.45) is 10.2 Å². The number of non-ortho nitro benzene ring substituents is 1. The van der Waals surface area contributed by atoms with E-state index in [-0.39, 0.29) is 28.4 Å². The Balaban J connectivity index is 2.06. The molecule has 0 aromatic heterocycles. The van der Waals surface area contributed by atoms with Crippen LogP contribution in [0.2, 0.25) is 0 Å². The number of allylic oxidation sites excluding steroid dienone is 1. The molecule has 3 rings (SSSR count). The molecular weight excluding hydrogens is 374 g/mol. The Morgan fingerprint density at radius 3 is 2.03 bits per heavy atom. The predicted octanol–water partition coefficient (Wildman–Crippen LogP) is 5.19. The minimum absolute atomic E-state index is 0.0881. The number of aliphatic hydroxyl groups excluding tert-OH is 1. The molecule has 0 spiro atoms. The van der Waals surface area contributed by atoms with Gasteiger partial charge in [-0.3, -0.25) is 14.9 Å². The van der Waals surface area contributed by atoms with Crippen molar-refractivity contribution in [3.63, 3.8) is 0 Å². The fourth-order valence-electron chi connectivity index (χ4n) is 2.47. The second-order valence-corrected chi connectivity index (χ2v) is 5.89. The first-order chi connectivity index (χ1) is 14.0. The van der Waals surface area contributed by atoms with Crippen LogP contribution in [0.25, 0.3) is 5.76 Å². The van der Waals surface area contributed by atoms with Crippen molar-refractivity contribution < 1.29 is 19.9 Å². The van der Waals surface area contributed by atoms with Gasteiger partial charge in [0.05, 0.1) is 11.0 Å². The average Bonchev–Trinajstić information content (AvgIpc) is 2.75. The predicted molar refractivity (Wildman–Crippen MR) is 106 cm³/mol. The zero-order valence-corrected chi connectivity index (χ0v) is 15.0. The second kappa shape index (κ2) is 8.57. The molecule has 0 amide bonds. The Kier molecular flexibility index (Phi) is 5.74. The maximum Gasteiger partial charge on any atom is 0.273 e. The summed E-state index contributed by atoms with van der Waals surface area (Å²) in [5.74, 6) is -1.43. The minimum Gasteiger partial charge on any atom is -0.505 e. The molecule has 0 fully saturated rings. The summed E-state index contributed by atoms with van der Waals surface area (Å²) in [6, 6.07) is 19.8. The lowest BCUT2D eigenvalue weighted by atomic mass is 10.1. The van der Waals surface area contributed by atoms with Gasteiger partial charge in [-0.05, 0) is 6.07 Å². The molecule has 0 radical (unpaired) electrons. The number of hydrogen-bond acceptors (Lipinski definition) is 7. The van der Waals surface area contributed by atoms with Gasteiger partial charge in [0.15, 0.2) is 11.5 Å². The highest BCUT2D eigenvalue weighted by Gasteiger charge is 2.19. The van der Waals surface area contributed by atoms with Crippen molar-refractivity contribution in [2.45, 2.75) is 0 Å². The molecule has 0 heterocycles. The number of phenols is 1. The first-order valence-electron chi connectivity index (χ1n) is 8.45. The van der Waals surface area contributed by atoms with E-state index in [2.05, 4.69) is 10.2 Å². The van der Waals surface area contributed by atoms with E-state index in [1.54, 1.807) is 60.7 Å². The van der Waals surface area contributed by atoms with Crippen LogP contribution in [-0.4, -0.2) is 20.9 Å². The largest absolute Gasteiger partial charge is 0.505 e. The van der Waals surface area contributed by atoms with Crippen molar-refractivity contribution in [3.05, 3.63) is 106 Å². The summed E-state index contributed by atoms with van der Waals surface area (Å²) < 4.78 is 0. The van der Waals surface area contributed by atoms with Crippen molar-refractivity contribution >= 4 is 22.9 Å². The van der Waals surface area contributed by atoms with Crippen LogP contribution in [0, 0.1) is 10.1 Å². The molecule has 0 aliphatic rings. The SMILES string of the molecule is O=C(/C(N=Nc1ccc([N+](=O)[O-])cc1O)=C(/O)c1ccccc1)c1ccccc1. The highest BCUT2D eigenvalue weighted by Crippen LogP contribution is 2.32. The molecule has 3 aromatic carbocycles. The first-order valence-corrected chi connectivity index (χ1v) is 8.45. The van der Waals surface area contributed by atoms with Gasteiger partial charge in [0.25, 0.3) is 5.69 Å². The Morgan fingerprint density at radius 2 is 1.48 bits per heavy atom. The van der Waals surface area contributed by atoms with E-state index in [1.165, 1.54) is 6.07 Å². The number of carbonyl (C=O) groups is 1.